The van der Waals surface area contributed by atoms with E-state index in [1.165, 1.54) is 5.56 Å². The van der Waals surface area contributed by atoms with Crippen LogP contribution in [0.4, 0.5) is 0 Å². The molecule has 98 valence electrons. The van der Waals surface area contributed by atoms with Crippen molar-refractivity contribution >= 4 is 17.6 Å². The third-order valence-electron chi connectivity index (χ3n) is 3.72. The maximum absolute atomic E-state index is 10.7. The van der Waals surface area contributed by atoms with Gasteiger partial charge in [0.1, 0.15) is 5.75 Å². The standard InChI is InChI=1S/C14H17ClO3/c1-8-9-4-2-3-5-11(9)13(15)14(18)10(8)6-7-12(16)17/h18H,2-7H2,1H3,(H,16,17). The lowest BCUT2D eigenvalue weighted by Crippen LogP contribution is -2.09. The van der Waals surface area contributed by atoms with Crippen molar-refractivity contribution in [3.8, 4) is 5.75 Å². The second-order valence-corrected chi connectivity index (χ2v) is 5.20. The summed E-state index contributed by atoms with van der Waals surface area (Å²) >= 11 is 6.21. The molecule has 3 nitrogen and oxygen atoms in total. The topological polar surface area (TPSA) is 57.5 Å². The predicted octanol–water partition coefficient (Wildman–Crippen LogP) is 3.25. The highest BCUT2D eigenvalue weighted by Gasteiger charge is 2.22. The van der Waals surface area contributed by atoms with Gasteiger partial charge in [-0.3, -0.25) is 4.79 Å². The Morgan fingerprint density at radius 3 is 2.50 bits per heavy atom. The van der Waals surface area contributed by atoms with E-state index in [1.807, 2.05) is 6.92 Å². The summed E-state index contributed by atoms with van der Waals surface area (Å²) in [6.45, 7) is 1.96. The first-order valence-corrected chi connectivity index (χ1v) is 6.63. The Morgan fingerprint density at radius 1 is 1.28 bits per heavy atom. The fraction of sp³-hybridized carbons (Fsp3) is 0.500. The number of rotatable bonds is 3. The van der Waals surface area contributed by atoms with E-state index in [2.05, 4.69) is 0 Å². The highest BCUT2D eigenvalue weighted by Crippen LogP contribution is 2.40. The number of benzene rings is 1. The Kier molecular flexibility index (Phi) is 3.81. The second kappa shape index (κ2) is 5.19. The second-order valence-electron chi connectivity index (χ2n) is 4.82. The van der Waals surface area contributed by atoms with Crippen LogP contribution >= 0.6 is 11.6 Å². The molecule has 1 aromatic rings. The molecule has 1 aliphatic carbocycles. The van der Waals surface area contributed by atoms with Crippen molar-refractivity contribution in [2.24, 2.45) is 0 Å². The highest BCUT2D eigenvalue weighted by atomic mass is 35.5. The molecule has 0 bridgehead atoms. The van der Waals surface area contributed by atoms with Crippen molar-refractivity contribution in [1.82, 2.24) is 0 Å². The van der Waals surface area contributed by atoms with Gasteiger partial charge in [0.15, 0.2) is 0 Å². The zero-order chi connectivity index (χ0) is 13.3. The summed E-state index contributed by atoms with van der Waals surface area (Å²) in [7, 11) is 0. The minimum absolute atomic E-state index is 0.0174. The predicted molar refractivity (Wildman–Crippen MR) is 70.5 cm³/mol. The number of phenols is 1. The highest BCUT2D eigenvalue weighted by molar-refractivity contribution is 6.33. The van der Waals surface area contributed by atoms with E-state index in [9.17, 15) is 9.90 Å². The van der Waals surface area contributed by atoms with E-state index in [0.717, 1.165) is 36.8 Å². The van der Waals surface area contributed by atoms with Crippen LogP contribution in [0.2, 0.25) is 5.02 Å². The average Bonchev–Trinajstić information content (AvgIpc) is 2.36. The van der Waals surface area contributed by atoms with Crippen molar-refractivity contribution in [3.63, 3.8) is 0 Å². The lowest BCUT2D eigenvalue weighted by molar-refractivity contribution is -0.136. The molecule has 0 atom stereocenters. The molecule has 18 heavy (non-hydrogen) atoms. The fourth-order valence-electron chi connectivity index (χ4n) is 2.73. The molecule has 0 saturated carbocycles. The third-order valence-corrected chi connectivity index (χ3v) is 4.13. The van der Waals surface area contributed by atoms with Crippen LogP contribution in [0.3, 0.4) is 0 Å². The largest absolute Gasteiger partial charge is 0.506 e. The Morgan fingerprint density at radius 2 is 1.89 bits per heavy atom. The number of hydrogen-bond donors (Lipinski definition) is 2. The molecule has 0 fully saturated rings. The van der Waals surface area contributed by atoms with Crippen LogP contribution in [0.5, 0.6) is 5.75 Å². The molecule has 0 saturated heterocycles. The summed E-state index contributed by atoms with van der Waals surface area (Å²) in [5.41, 5.74) is 3.98. The summed E-state index contributed by atoms with van der Waals surface area (Å²) in [6.07, 6.45) is 4.46. The van der Waals surface area contributed by atoms with Crippen molar-refractivity contribution in [3.05, 3.63) is 27.3 Å². The monoisotopic (exact) mass is 268 g/mol. The quantitative estimate of drug-likeness (QED) is 0.885. The van der Waals surface area contributed by atoms with Crippen LogP contribution in [-0.2, 0) is 24.1 Å². The molecular weight excluding hydrogens is 252 g/mol. The number of fused-ring (bicyclic) bond motifs is 1. The Balaban J connectivity index is 2.46. The van der Waals surface area contributed by atoms with Crippen LogP contribution in [0.1, 0.15) is 41.5 Å². The van der Waals surface area contributed by atoms with E-state index < -0.39 is 5.97 Å². The van der Waals surface area contributed by atoms with Gasteiger partial charge in [0.2, 0.25) is 0 Å². The zero-order valence-corrected chi connectivity index (χ0v) is 11.2. The van der Waals surface area contributed by atoms with Crippen LogP contribution in [-0.4, -0.2) is 16.2 Å². The molecule has 1 aromatic carbocycles. The molecule has 0 unspecified atom stereocenters. The Hall–Kier alpha value is -1.22. The molecule has 0 radical (unpaired) electrons. The van der Waals surface area contributed by atoms with Gasteiger partial charge in [-0.25, -0.2) is 0 Å². The first-order valence-electron chi connectivity index (χ1n) is 6.25. The van der Waals surface area contributed by atoms with Gasteiger partial charge in [-0.2, -0.15) is 0 Å². The first-order chi connectivity index (χ1) is 8.52. The number of phenolic OH excluding ortho intramolecular Hbond substituents is 1. The summed E-state index contributed by atoms with van der Waals surface area (Å²) in [5.74, 6) is -0.779. The van der Waals surface area contributed by atoms with Crippen molar-refractivity contribution in [2.75, 3.05) is 0 Å². The number of aromatic hydroxyl groups is 1. The van der Waals surface area contributed by atoms with Gasteiger partial charge in [-0.1, -0.05) is 11.6 Å². The van der Waals surface area contributed by atoms with E-state index in [-0.39, 0.29) is 12.2 Å². The van der Waals surface area contributed by atoms with Gasteiger partial charge < -0.3 is 10.2 Å². The van der Waals surface area contributed by atoms with E-state index in [1.54, 1.807) is 0 Å². The lowest BCUT2D eigenvalue weighted by Gasteiger charge is -2.23. The van der Waals surface area contributed by atoms with Gasteiger partial charge in [-0.15, -0.1) is 0 Å². The zero-order valence-electron chi connectivity index (χ0n) is 10.4. The number of carboxylic acid groups (broad SMARTS) is 1. The van der Waals surface area contributed by atoms with Gasteiger partial charge in [0.25, 0.3) is 0 Å². The van der Waals surface area contributed by atoms with Crippen molar-refractivity contribution < 1.29 is 15.0 Å². The molecule has 0 aliphatic heterocycles. The summed E-state index contributed by atoms with van der Waals surface area (Å²) in [6, 6.07) is 0. The summed E-state index contributed by atoms with van der Waals surface area (Å²) < 4.78 is 0. The van der Waals surface area contributed by atoms with Crippen LogP contribution in [0.15, 0.2) is 0 Å². The van der Waals surface area contributed by atoms with Gasteiger partial charge in [-0.05, 0) is 61.3 Å². The van der Waals surface area contributed by atoms with Crippen molar-refractivity contribution in [1.29, 1.82) is 0 Å². The molecule has 1 aliphatic rings. The van der Waals surface area contributed by atoms with Crippen LogP contribution in [0, 0.1) is 6.92 Å². The minimum Gasteiger partial charge on any atom is -0.506 e. The molecule has 2 rings (SSSR count). The third kappa shape index (κ3) is 2.32. The van der Waals surface area contributed by atoms with E-state index in [0.29, 0.717) is 17.0 Å². The average molecular weight is 269 g/mol. The lowest BCUT2D eigenvalue weighted by atomic mass is 9.85. The summed E-state index contributed by atoms with van der Waals surface area (Å²) in [4.78, 5) is 10.7. The minimum atomic E-state index is -0.859. The molecule has 4 heteroatoms. The SMILES string of the molecule is Cc1c(CCC(=O)O)c(O)c(Cl)c2c1CCCC2. The smallest absolute Gasteiger partial charge is 0.303 e. The van der Waals surface area contributed by atoms with Crippen LogP contribution < -0.4 is 0 Å². The molecule has 0 heterocycles. The molecule has 0 aromatic heterocycles. The number of aliphatic carboxylic acids is 1. The number of carboxylic acids is 1. The normalized spacial score (nSPS) is 14.3. The van der Waals surface area contributed by atoms with Crippen LogP contribution in [0.25, 0.3) is 0 Å². The molecule has 0 amide bonds. The van der Waals surface area contributed by atoms with Crippen molar-refractivity contribution in [2.45, 2.75) is 45.4 Å². The number of halogens is 1. The number of hydrogen-bond acceptors (Lipinski definition) is 2. The first kappa shape index (κ1) is 13.2. The van der Waals surface area contributed by atoms with Gasteiger partial charge in [0.05, 0.1) is 5.02 Å². The maximum Gasteiger partial charge on any atom is 0.303 e. The molecule has 0 spiro atoms. The summed E-state index contributed by atoms with van der Waals surface area (Å²) in [5, 5.41) is 19.3. The van der Waals surface area contributed by atoms with E-state index >= 15 is 0 Å². The van der Waals surface area contributed by atoms with Gasteiger partial charge in [0, 0.05) is 6.42 Å². The Labute approximate surface area is 111 Å². The molecule has 2 N–H and O–H groups in total. The van der Waals surface area contributed by atoms with Gasteiger partial charge >= 0.3 is 5.97 Å². The maximum atomic E-state index is 10.7. The Bertz CT molecular complexity index is 495. The van der Waals surface area contributed by atoms with E-state index in [4.69, 9.17) is 16.7 Å². The fourth-order valence-corrected chi connectivity index (χ4v) is 3.06. The molecular formula is C14H17ClO3. The number of carbonyl (C=O) groups is 1.